The smallest absolute Gasteiger partial charge is 0.0636 e. The van der Waals surface area contributed by atoms with E-state index < -0.39 is 0 Å². The van der Waals surface area contributed by atoms with Crippen LogP contribution in [0.5, 0.6) is 0 Å². The van der Waals surface area contributed by atoms with Crippen LogP contribution < -0.4 is 0 Å². The van der Waals surface area contributed by atoms with Gasteiger partial charge < -0.3 is 0 Å². The molecule has 2 rings (SSSR count). The lowest BCUT2D eigenvalue weighted by molar-refractivity contribution is 0.837. The molecule has 0 saturated heterocycles. The number of hydrogen-bond donors (Lipinski definition) is 0. The lowest BCUT2D eigenvalue weighted by Crippen LogP contribution is -2.13. The van der Waals surface area contributed by atoms with E-state index in [9.17, 15) is 0 Å². The zero-order valence-electron chi connectivity index (χ0n) is 17.2. The van der Waals surface area contributed by atoms with Gasteiger partial charge in [-0.25, -0.2) is 0 Å². The Morgan fingerprint density at radius 3 is 1.62 bits per heavy atom. The van der Waals surface area contributed by atoms with Gasteiger partial charge in [-0.15, -0.1) is 0 Å². The van der Waals surface area contributed by atoms with Crippen molar-refractivity contribution in [1.29, 1.82) is 0 Å². The fraction of sp³-hybridized carbons (Fsp3) is 0.417. The Morgan fingerprint density at radius 2 is 1.19 bits per heavy atom. The molecule has 0 bridgehead atoms. The number of aliphatic imine (C=N–C) groups is 2. The van der Waals surface area contributed by atoms with Crippen LogP contribution in [-0.2, 0) is 0 Å². The minimum atomic E-state index is 0.889. The van der Waals surface area contributed by atoms with Crippen molar-refractivity contribution in [2.24, 2.45) is 9.98 Å². The van der Waals surface area contributed by atoms with Crippen LogP contribution in [0.2, 0.25) is 0 Å². The first-order valence-electron chi connectivity index (χ1n) is 9.74. The van der Waals surface area contributed by atoms with Crippen LogP contribution in [0.25, 0.3) is 0 Å². The third-order valence-corrected chi connectivity index (χ3v) is 4.94. The fourth-order valence-corrected chi connectivity index (χ4v) is 2.86. The van der Waals surface area contributed by atoms with Crippen LogP contribution in [0.4, 0.5) is 11.4 Å². The third-order valence-electron chi connectivity index (χ3n) is 4.94. The summed E-state index contributed by atoms with van der Waals surface area (Å²) in [6.45, 7) is 12.9. The standard InChI is InChI=1S/C24H32N2/c1-7-9-10-24(26-22-14-12-18(4)20(6)16-22)23(8-2)25-21-13-11-17(3)19(5)15-21/h11-16H,7-10H2,1-6H3. The molecule has 138 valence electrons. The Kier molecular flexibility index (Phi) is 7.32. The quantitative estimate of drug-likeness (QED) is 0.467. The van der Waals surface area contributed by atoms with Crippen LogP contribution in [-0.4, -0.2) is 11.4 Å². The van der Waals surface area contributed by atoms with Crippen molar-refractivity contribution >= 4 is 22.8 Å². The Bertz CT molecular complexity index is 813. The van der Waals surface area contributed by atoms with E-state index in [1.54, 1.807) is 0 Å². The molecule has 2 aromatic rings. The molecule has 2 heteroatoms. The molecular formula is C24H32N2. The number of aryl methyl sites for hydroxylation is 4. The lowest BCUT2D eigenvalue weighted by atomic mass is 10.0. The second kappa shape index (κ2) is 9.47. The summed E-state index contributed by atoms with van der Waals surface area (Å²) in [6.07, 6.45) is 4.16. The van der Waals surface area contributed by atoms with Crippen LogP contribution in [0.1, 0.15) is 61.8 Å². The van der Waals surface area contributed by atoms with E-state index in [0.29, 0.717) is 0 Å². The minimum Gasteiger partial charge on any atom is -0.252 e. The van der Waals surface area contributed by atoms with Crippen molar-refractivity contribution in [3.8, 4) is 0 Å². The highest BCUT2D eigenvalue weighted by atomic mass is 14.8. The van der Waals surface area contributed by atoms with Crippen molar-refractivity contribution in [3.05, 3.63) is 58.7 Å². The normalized spacial score (nSPS) is 12.5. The maximum atomic E-state index is 4.99. The van der Waals surface area contributed by atoms with Crippen LogP contribution >= 0.6 is 0 Å². The molecule has 26 heavy (non-hydrogen) atoms. The van der Waals surface area contributed by atoms with E-state index in [4.69, 9.17) is 9.98 Å². The third kappa shape index (κ3) is 5.39. The Labute approximate surface area is 159 Å². The van der Waals surface area contributed by atoms with Gasteiger partial charge >= 0.3 is 0 Å². The summed E-state index contributed by atoms with van der Waals surface area (Å²) in [5.41, 5.74) is 9.44. The summed E-state index contributed by atoms with van der Waals surface area (Å²) >= 11 is 0. The molecule has 0 aliphatic rings. The molecule has 0 spiro atoms. The number of rotatable bonds is 7. The summed E-state index contributed by atoms with van der Waals surface area (Å²) < 4.78 is 0. The van der Waals surface area contributed by atoms with E-state index in [0.717, 1.165) is 48.5 Å². The maximum Gasteiger partial charge on any atom is 0.0636 e. The van der Waals surface area contributed by atoms with Crippen molar-refractivity contribution in [3.63, 3.8) is 0 Å². The average Bonchev–Trinajstić information content (AvgIpc) is 2.62. The van der Waals surface area contributed by atoms with Gasteiger partial charge in [0.1, 0.15) is 0 Å². The molecular weight excluding hydrogens is 316 g/mol. The van der Waals surface area contributed by atoms with Gasteiger partial charge in [0.05, 0.1) is 22.8 Å². The second-order valence-corrected chi connectivity index (χ2v) is 7.11. The van der Waals surface area contributed by atoms with Gasteiger partial charge in [-0.3, -0.25) is 9.98 Å². The highest BCUT2D eigenvalue weighted by Gasteiger charge is 2.09. The molecule has 0 fully saturated rings. The van der Waals surface area contributed by atoms with Gasteiger partial charge in [0.25, 0.3) is 0 Å². The van der Waals surface area contributed by atoms with Crippen molar-refractivity contribution in [2.75, 3.05) is 0 Å². The van der Waals surface area contributed by atoms with Gasteiger partial charge in [0.2, 0.25) is 0 Å². The van der Waals surface area contributed by atoms with E-state index in [1.807, 2.05) is 0 Å². The predicted octanol–water partition coefficient (Wildman–Crippen LogP) is 7.37. The maximum absolute atomic E-state index is 4.99. The van der Waals surface area contributed by atoms with E-state index >= 15 is 0 Å². The van der Waals surface area contributed by atoms with Gasteiger partial charge in [-0.1, -0.05) is 32.4 Å². The van der Waals surface area contributed by atoms with Gasteiger partial charge in [0.15, 0.2) is 0 Å². The molecule has 0 unspecified atom stereocenters. The average molecular weight is 349 g/mol. The molecule has 0 N–H and O–H groups in total. The lowest BCUT2D eigenvalue weighted by Gasteiger charge is -2.10. The van der Waals surface area contributed by atoms with Gasteiger partial charge in [-0.2, -0.15) is 0 Å². The molecule has 0 amide bonds. The van der Waals surface area contributed by atoms with Gasteiger partial charge in [-0.05, 0) is 93.5 Å². The Balaban J connectivity index is 2.44. The molecule has 0 aliphatic carbocycles. The SMILES string of the molecule is CCCCC(=Nc1ccc(C)c(C)c1)C(CC)=Nc1ccc(C)c(C)c1. The first-order valence-corrected chi connectivity index (χ1v) is 9.74. The predicted molar refractivity (Wildman–Crippen MR) is 116 cm³/mol. The summed E-state index contributed by atoms with van der Waals surface area (Å²) in [4.78, 5) is 9.95. The van der Waals surface area contributed by atoms with Crippen molar-refractivity contribution in [2.45, 2.75) is 67.2 Å². The summed E-state index contributed by atoms with van der Waals surface area (Å²) in [5, 5.41) is 0. The van der Waals surface area contributed by atoms with E-state index in [-0.39, 0.29) is 0 Å². The molecule has 2 aromatic carbocycles. The van der Waals surface area contributed by atoms with Gasteiger partial charge in [0, 0.05) is 0 Å². The monoisotopic (exact) mass is 348 g/mol. The van der Waals surface area contributed by atoms with E-state index in [1.165, 1.54) is 22.3 Å². The molecule has 0 radical (unpaired) electrons. The largest absolute Gasteiger partial charge is 0.252 e. The molecule has 2 nitrogen and oxygen atoms in total. The fourth-order valence-electron chi connectivity index (χ4n) is 2.86. The number of benzene rings is 2. The minimum absolute atomic E-state index is 0.889. The van der Waals surface area contributed by atoms with Crippen molar-refractivity contribution in [1.82, 2.24) is 0 Å². The molecule has 0 heterocycles. The zero-order valence-corrected chi connectivity index (χ0v) is 17.2. The molecule has 0 atom stereocenters. The van der Waals surface area contributed by atoms with Crippen molar-refractivity contribution < 1.29 is 0 Å². The Hall–Kier alpha value is -2.22. The summed E-state index contributed by atoms with van der Waals surface area (Å²) in [5.74, 6) is 0. The number of hydrogen-bond acceptors (Lipinski definition) is 2. The highest BCUT2D eigenvalue weighted by Crippen LogP contribution is 2.21. The van der Waals surface area contributed by atoms with Crippen LogP contribution in [0.3, 0.4) is 0 Å². The number of unbranched alkanes of at least 4 members (excludes halogenated alkanes) is 1. The highest BCUT2D eigenvalue weighted by molar-refractivity contribution is 6.43. The number of nitrogens with zero attached hydrogens (tertiary/aromatic N) is 2. The molecule has 0 aromatic heterocycles. The molecule has 0 aliphatic heterocycles. The Morgan fingerprint density at radius 1 is 0.692 bits per heavy atom. The first kappa shape index (κ1) is 20.1. The van der Waals surface area contributed by atoms with E-state index in [2.05, 4.69) is 77.9 Å². The summed E-state index contributed by atoms with van der Waals surface area (Å²) in [7, 11) is 0. The first-order chi connectivity index (χ1) is 12.4. The second-order valence-electron chi connectivity index (χ2n) is 7.11. The topological polar surface area (TPSA) is 24.7 Å². The van der Waals surface area contributed by atoms with Crippen LogP contribution in [0.15, 0.2) is 46.4 Å². The molecule has 0 saturated carbocycles. The van der Waals surface area contributed by atoms with Crippen LogP contribution in [0, 0.1) is 27.7 Å². The summed E-state index contributed by atoms with van der Waals surface area (Å²) in [6, 6.07) is 12.8. The zero-order chi connectivity index (χ0) is 19.1.